The summed E-state index contributed by atoms with van der Waals surface area (Å²) in [5.74, 6) is 1.37. The highest BCUT2D eigenvalue weighted by Gasteiger charge is 2.01. The molecule has 0 aliphatic heterocycles. The molecule has 4 heteroatoms. The number of pyridine rings is 1. The van der Waals surface area contributed by atoms with Gasteiger partial charge >= 0.3 is 0 Å². The van der Waals surface area contributed by atoms with Crippen LogP contribution in [0, 0.1) is 6.92 Å². The van der Waals surface area contributed by atoms with E-state index in [-0.39, 0.29) is 0 Å². The van der Waals surface area contributed by atoms with Gasteiger partial charge in [0.1, 0.15) is 18.1 Å². The Labute approximate surface area is 81.5 Å². The van der Waals surface area contributed by atoms with Crippen molar-refractivity contribution < 1.29 is 9.26 Å². The molecule has 4 nitrogen and oxygen atoms in total. The molecular weight excluding hydrogens is 180 g/mol. The summed E-state index contributed by atoms with van der Waals surface area (Å²) in [4.78, 5) is 4.02. The van der Waals surface area contributed by atoms with Crippen LogP contribution >= 0.6 is 0 Å². The number of aromatic nitrogens is 2. The van der Waals surface area contributed by atoms with Crippen molar-refractivity contribution in [2.75, 3.05) is 0 Å². The summed E-state index contributed by atoms with van der Waals surface area (Å²) in [5.41, 5.74) is 0.771. The van der Waals surface area contributed by atoms with E-state index >= 15 is 0 Å². The van der Waals surface area contributed by atoms with Gasteiger partial charge < -0.3 is 9.26 Å². The zero-order valence-corrected chi connectivity index (χ0v) is 7.80. The molecule has 0 saturated heterocycles. The summed E-state index contributed by atoms with van der Waals surface area (Å²) in [6, 6.07) is 7.35. The molecule has 2 aromatic rings. The van der Waals surface area contributed by atoms with Crippen LogP contribution < -0.4 is 4.74 Å². The van der Waals surface area contributed by atoms with Crippen molar-refractivity contribution in [3.63, 3.8) is 0 Å². The molecule has 72 valence electrons. The predicted octanol–water partition coefficient (Wildman–Crippen LogP) is 1.96. The fourth-order valence-corrected chi connectivity index (χ4v) is 1.07. The maximum Gasteiger partial charge on any atom is 0.213 e. The Bertz CT molecular complexity index is 398. The van der Waals surface area contributed by atoms with Gasteiger partial charge in [-0.05, 0) is 13.0 Å². The van der Waals surface area contributed by atoms with Crippen molar-refractivity contribution in [1.29, 1.82) is 0 Å². The van der Waals surface area contributed by atoms with Crippen molar-refractivity contribution in [3.05, 3.63) is 41.9 Å². The molecule has 0 aliphatic rings. The quantitative estimate of drug-likeness (QED) is 0.742. The molecule has 0 fully saturated rings. The maximum absolute atomic E-state index is 5.37. The van der Waals surface area contributed by atoms with Crippen LogP contribution in [0.25, 0.3) is 0 Å². The molecule has 0 aromatic carbocycles. The van der Waals surface area contributed by atoms with E-state index < -0.39 is 0 Å². The first-order valence-corrected chi connectivity index (χ1v) is 4.30. The summed E-state index contributed by atoms with van der Waals surface area (Å²) in [6.07, 6.45) is 1.68. The van der Waals surface area contributed by atoms with Gasteiger partial charge in [-0.25, -0.2) is 4.98 Å². The third kappa shape index (κ3) is 2.10. The van der Waals surface area contributed by atoms with E-state index in [2.05, 4.69) is 10.1 Å². The van der Waals surface area contributed by atoms with Crippen molar-refractivity contribution in [1.82, 2.24) is 10.1 Å². The highest BCUT2D eigenvalue weighted by molar-refractivity contribution is 5.10. The lowest BCUT2D eigenvalue weighted by Gasteiger charge is -2.00. The van der Waals surface area contributed by atoms with Gasteiger partial charge in [0.05, 0.1) is 0 Å². The first-order valence-electron chi connectivity index (χ1n) is 4.30. The summed E-state index contributed by atoms with van der Waals surface area (Å²) >= 11 is 0. The maximum atomic E-state index is 5.37. The number of rotatable bonds is 3. The molecular formula is C10H10N2O2. The molecule has 0 saturated carbocycles. The second-order valence-corrected chi connectivity index (χ2v) is 2.89. The SMILES string of the molecule is Cc1cc(COc2ccccn2)no1. The van der Waals surface area contributed by atoms with Crippen molar-refractivity contribution >= 4 is 0 Å². The Hall–Kier alpha value is -1.84. The Morgan fingerprint density at radius 1 is 1.43 bits per heavy atom. The van der Waals surface area contributed by atoms with Crippen LogP contribution in [0.15, 0.2) is 35.0 Å². The average molecular weight is 190 g/mol. The summed E-state index contributed by atoms with van der Waals surface area (Å²) in [5, 5.41) is 3.80. The molecule has 0 unspecified atom stereocenters. The van der Waals surface area contributed by atoms with E-state index in [1.807, 2.05) is 25.1 Å². The number of hydrogen-bond acceptors (Lipinski definition) is 4. The normalized spacial score (nSPS) is 10.1. The molecule has 0 amide bonds. The molecule has 0 spiro atoms. The molecule has 0 bridgehead atoms. The molecule has 2 rings (SSSR count). The second kappa shape index (κ2) is 3.91. The third-order valence-corrected chi connectivity index (χ3v) is 1.68. The first kappa shape index (κ1) is 8.74. The lowest BCUT2D eigenvalue weighted by atomic mass is 10.4. The van der Waals surface area contributed by atoms with E-state index in [0.29, 0.717) is 12.5 Å². The van der Waals surface area contributed by atoms with Crippen molar-refractivity contribution in [2.45, 2.75) is 13.5 Å². The summed E-state index contributed by atoms with van der Waals surface area (Å²) in [7, 11) is 0. The Morgan fingerprint density at radius 3 is 3.00 bits per heavy atom. The van der Waals surface area contributed by atoms with Gasteiger partial charge in [0.2, 0.25) is 5.88 Å². The largest absolute Gasteiger partial charge is 0.471 e. The van der Waals surface area contributed by atoms with Crippen LogP contribution in [0.3, 0.4) is 0 Å². The smallest absolute Gasteiger partial charge is 0.213 e. The first-order chi connectivity index (χ1) is 6.84. The molecule has 0 aliphatic carbocycles. The van der Waals surface area contributed by atoms with Crippen molar-refractivity contribution in [2.24, 2.45) is 0 Å². The molecule has 2 heterocycles. The molecule has 14 heavy (non-hydrogen) atoms. The Kier molecular flexibility index (Phi) is 2.44. The highest BCUT2D eigenvalue weighted by atomic mass is 16.5. The Morgan fingerprint density at radius 2 is 2.36 bits per heavy atom. The minimum absolute atomic E-state index is 0.383. The monoisotopic (exact) mass is 190 g/mol. The number of aryl methyl sites for hydroxylation is 1. The standard InChI is InChI=1S/C10H10N2O2/c1-8-6-9(12-14-8)7-13-10-4-2-3-5-11-10/h2-6H,7H2,1H3. The van der Waals surface area contributed by atoms with E-state index in [1.54, 1.807) is 12.3 Å². The molecule has 0 N–H and O–H groups in total. The topological polar surface area (TPSA) is 48.2 Å². The molecule has 0 atom stereocenters. The molecule has 0 radical (unpaired) electrons. The zero-order valence-electron chi connectivity index (χ0n) is 7.80. The van der Waals surface area contributed by atoms with Crippen LogP contribution in [0.1, 0.15) is 11.5 Å². The Balaban J connectivity index is 1.95. The highest BCUT2D eigenvalue weighted by Crippen LogP contribution is 2.08. The molecule has 2 aromatic heterocycles. The second-order valence-electron chi connectivity index (χ2n) is 2.89. The predicted molar refractivity (Wildman–Crippen MR) is 49.8 cm³/mol. The van der Waals surface area contributed by atoms with Gasteiger partial charge in [0.15, 0.2) is 0 Å². The van der Waals surface area contributed by atoms with Gasteiger partial charge in [0, 0.05) is 18.3 Å². The summed E-state index contributed by atoms with van der Waals surface area (Å²) < 4.78 is 10.3. The van der Waals surface area contributed by atoms with E-state index in [1.165, 1.54) is 0 Å². The lowest BCUT2D eigenvalue weighted by Crippen LogP contribution is -1.96. The van der Waals surface area contributed by atoms with Crippen LogP contribution in [0.2, 0.25) is 0 Å². The van der Waals surface area contributed by atoms with E-state index in [4.69, 9.17) is 9.26 Å². The van der Waals surface area contributed by atoms with Gasteiger partial charge in [0.25, 0.3) is 0 Å². The number of ether oxygens (including phenoxy) is 1. The summed E-state index contributed by atoms with van der Waals surface area (Å²) in [6.45, 7) is 2.23. The number of nitrogens with zero attached hydrogens (tertiary/aromatic N) is 2. The van der Waals surface area contributed by atoms with Crippen molar-refractivity contribution in [3.8, 4) is 5.88 Å². The lowest BCUT2D eigenvalue weighted by molar-refractivity contribution is 0.277. The average Bonchev–Trinajstić information content (AvgIpc) is 2.63. The third-order valence-electron chi connectivity index (χ3n) is 1.68. The zero-order chi connectivity index (χ0) is 9.80. The van der Waals surface area contributed by atoms with E-state index in [0.717, 1.165) is 11.5 Å². The van der Waals surface area contributed by atoms with E-state index in [9.17, 15) is 0 Å². The van der Waals surface area contributed by atoms with Crippen LogP contribution in [-0.2, 0) is 6.61 Å². The number of hydrogen-bond donors (Lipinski definition) is 0. The minimum atomic E-state index is 0.383. The van der Waals surface area contributed by atoms with Gasteiger partial charge in [-0.2, -0.15) is 0 Å². The fourth-order valence-electron chi connectivity index (χ4n) is 1.07. The van der Waals surface area contributed by atoms with Crippen LogP contribution in [-0.4, -0.2) is 10.1 Å². The van der Waals surface area contributed by atoms with Gasteiger partial charge in [-0.15, -0.1) is 0 Å². The fraction of sp³-hybridized carbons (Fsp3) is 0.200. The van der Waals surface area contributed by atoms with Gasteiger partial charge in [-0.3, -0.25) is 0 Å². The van der Waals surface area contributed by atoms with Crippen LogP contribution in [0.5, 0.6) is 5.88 Å². The van der Waals surface area contributed by atoms with Crippen LogP contribution in [0.4, 0.5) is 0 Å². The van der Waals surface area contributed by atoms with Gasteiger partial charge in [-0.1, -0.05) is 11.2 Å². The minimum Gasteiger partial charge on any atom is -0.471 e.